The maximum Gasteiger partial charge on any atom is 0.170 e. The number of carbonyl (C=O) groups is 2. The molecule has 1 saturated carbocycles. The zero-order valence-electron chi connectivity index (χ0n) is 13.0. The average molecular weight is 298 g/mol. The molecule has 1 fully saturated rings. The van der Waals surface area contributed by atoms with Crippen LogP contribution in [0.1, 0.15) is 61.6 Å². The molecule has 3 rings (SSSR count). The van der Waals surface area contributed by atoms with Gasteiger partial charge in [-0.1, -0.05) is 25.1 Å². The van der Waals surface area contributed by atoms with Gasteiger partial charge in [-0.3, -0.25) is 9.59 Å². The number of aryl methyl sites for hydroxylation is 2. The van der Waals surface area contributed by atoms with Crippen LogP contribution < -0.4 is 0 Å². The number of fused-ring (bicyclic) bond motifs is 1. The van der Waals surface area contributed by atoms with Gasteiger partial charge in [-0.05, 0) is 48.3 Å². The number of rotatable bonds is 2. The van der Waals surface area contributed by atoms with E-state index in [0.717, 1.165) is 18.4 Å². The first-order valence-electron chi connectivity index (χ1n) is 8.20. The molecular formula is C19H22O3. The van der Waals surface area contributed by atoms with Crippen molar-refractivity contribution in [1.29, 1.82) is 0 Å². The number of carbonyl (C=O) groups excluding carboxylic acids is 2. The van der Waals surface area contributed by atoms with Crippen LogP contribution in [-0.2, 0) is 22.4 Å². The lowest BCUT2D eigenvalue weighted by molar-refractivity contribution is -0.124. The molecule has 116 valence electrons. The fraction of sp³-hybridized carbons (Fsp3) is 0.474. The van der Waals surface area contributed by atoms with Crippen LogP contribution in [0.25, 0.3) is 0 Å². The van der Waals surface area contributed by atoms with E-state index in [1.807, 2.05) is 0 Å². The lowest BCUT2D eigenvalue weighted by Crippen LogP contribution is -2.26. The molecule has 0 radical (unpaired) electrons. The highest BCUT2D eigenvalue weighted by Crippen LogP contribution is 2.34. The molecule has 22 heavy (non-hydrogen) atoms. The van der Waals surface area contributed by atoms with Crippen molar-refractivity contribution in [2.45, 2.75) is 57.8 Å². The summed E-state index contributed by atoms with van der Waals surface area (Å²) in [5, 5.41) is 9.78. The lowest BCUT2D eigenvalue weighted by atomic mass is 9.78. The Hall–Kier alpha value is -1.90. The van der Waals surface area contributed by atoms with Crippen molar-refractivity contribution in [2.24, 2.45) is 0 Å². The Labute approximate surface area is 131 Å². The van der Waals surface area contributed by atoms with Gasteiger partial charge in [0.25, 0.3) is 0 Å². The van der Waals surface area contributed by atoms with E-state index in [9.17, 15) is 14.7 Å². The first-order valence-corrected chi connectivity index (χ1v) is 8.20. The zero-order chi connectivity index (χ0) is 15.7. The Balaban J connectivity index is 1.86. The van der Waals surface area contributed by atoms with Crippen molar-refractivity contribution in [3.8, 4) is 0 Å². The van der Waals surface area contributed by atoms with Crippen LogP contribution in [0.5, 0.6) is 0 Å². The monoisotopic (exact) mass is 298 g/mol. The van der Waals surface area contributed by atoms with E-state index in [1.54, 1.807) is 6.92 Å². The molecule has 0 bridgehead atoms. The predicted molar refractivity (Wildman–Crippen MR) is 85.0 cm³/mol. The number of aliphatic hydroxyl groups excluding tert-OH is 1. The second kappa shape index (κ2) is 6.07. The Morgan fingerprint density at radius 3 is 2.36 bits per heavy atom. The summed E-state index contributed by atoms with van der Waals surface area (Å²) in [5.41, 5.74) is 3.92. The molecule has 3 nitrogen and oxygen atoms in total. The number of hydrogen-bond donors (Lipinski definition) is 1. The maximum atomic E-state index is 12.2. The van der Waals surface area contributed by atoms with Crippen LogP contribution >= 0.6 is 0 Å². The predicted octanol–water partition coefficient (Wildman–Crippen LogP) is 3.80. The molecule has 0 aromatic heterocycles. The molecule has 0 spiro atoms. The number of benzene rings is 1. The van der Waals surface area contributed by atoms with Crippen molar-refractivity contribution in [3.05, 3.63) is 46.2 Å². The summed E-state index contributed by atoms with van der Waals surface area (Å²) in [7, 11) is 0. The van der Waals surface area contributed by atoms with Gasteiger partial charge in [-0.15, -0.1) is 0 Å². The van der Waals surface area contributed by atoms with Crippen molar-refractivity contribution in [3.63, 3.8) is 0 Å². The quantitative estimate of drug-likeness (QED) is 0.513. The average Bonchev–Trinajstić information content (AvgIpc) is 2.53. The van der Waals surface area contributed by atoms with Gasteiger partial charge >= 0.3 is 0 Å². The minimum Gasteiger partial charge on any atom is -0.511 e. The van der Waals surface area contributed by atoms with Gasteiger partial charge in [-0.2, -0.15) is 0 Å². The normalized spacial score (nSPS) is 21.7. The maximum absolute atomic E-state index is 12.2. The molecular weight excluding hydrogens is 276 g/mol. The molecule has 0 saturated heterocycles. The van der Waals surface area contributed by atoms with Crippen LogP contribution in [-0.4, -0.2) is 16.7 Å². The van der Waals surface area contributed by atoms with Gasteiger partial charge in [0, 0.05) is 19.3 Å². The molecule has 0 atom stereocenters. The van der Waals surface area contributed by atoms with Gasteiger partial charge in [0.15, 0.2) is 11.6 Å². The van der Waals surface area contributed by atoms with E-state index in [0.29, 0.717) is 19.3 Å². The van der Waals surface area contributed by atoms with Gasteiger partial charge in [0.05, 0.1) is 5.57 Å². The summed E-state index contributed by atoms with van der Waals surface area (Å²) in [6, 6.07) is 6.42. The molecule has 0 amide bonds. The third kappa shape index (κ3) is 2.72. The lowest BCUT2D eigenvalue weighted by Gasteiger charge is -2.25. The number of hydrogen-bond acceptors (Lipinski definition) is 3. The van der Waals surface area contributed by atoms with Crippen LogP contribution in [0.2, 0.25) is 0 Å². The van der Waals surface area contributed by atoms with E-state index in [1.165, 1.54) is 24.0 Å². The Kier molecular flexibility index (Phi) is 4.14. The minimum atomic E-state index is -0.210. The summed E-state index contributed by atoms with van der Waals surface area (Å²) in [5.74, 6) is -0.517. The minimum absolute atomic E-state index is 0.0386. The van der Waals surface area contributed by atoms with E-state index in [4.69, 9.17) is 0 Å². The summed E-state index contributed by atoms with van der Waals surface area (Å²) in [6.45, 7) is 1.75. The van der Waals surface area contributed by atoms with Gasteiger partial charge in [-0.25, -0.2) is 0 Å². The summed E-state index contributed by atoms with van der Waals surface area (Å²) in [4.78, 5) is 24.5. The highest BCUT2D eigenvalue weighted by atomic mass is 16.3. The molecule has 3 heteroatoms. The van der Waals surface area contributed by atoms with E-state index in [-0.39, 0.29) is 28.8 Å². The third-order valence-corrected chi connectivity index (χ3v) is 4.89. The SMILES string of the molecule is CCC(O)=C1C(=O)CC(c2ccc3c(c2)CCCC3)CC1=O. The smallest absolute Gasteiger partial charge is 0.170 e. The number of aliphatic hydroxyl groups is 1. The molecule has 0 unspecified atom stereocenters. The first-order chi connectivity index (χ1) is 10.6. The largest absolute Gasteiger partial charge is 0.511 e. The molecule has 2 aliphatic carbocycles. The van der Waals surface area contributed by atoms with Crippen molar-refractivity contribution >= 4 is 11.6 Å². The summed E-state index contributed by atoms with van der Waals surface area (Å²) < 4.78 is 0. The number of allylic oxidation sites excluding steroid dienone is 2. The Morgan fingerprint density at radius 1 is 1.09 bits per heavy atom. The fourth-order valence-corrected chi connectivity index (χ4v) is 3.62. The van der Waals surface area contributed by atoms with E-state index >= 15 is 0 Å². The fourth-order valence-electron chi connectivity index (χ4n) is 3.62. The number of ketones is 2. The van der Waals surface area contributed by atoms with Crippen LogP contribution in [0, 0.1) is 0 Å². The molecule has 1 N–H and O–H groups in total. The van der Waals surface area contributed by atoms with E-state index in [2.05, 4.69) is 18.2 Å². The summed E-state index contributed by atoms with van der Waals surface area (Å²) >= 11 is 0. The molecule has 0 aliphatic heterocycles. The molecule has 0 heterocycles. The standard InChI is InChI=1S/C19H22O3/c1-2-16(20)19-17(21)10-15(11-18(19)22)14-8-7-12-5-3-4-6-13(12)9-14/h7-9,15,20H,2-6,10-11H2,1H3. The second-order valence-corrected chi connectivity index (χ2v) is 6.36. The van der Waals surface area contributed by atoms with Crippen LogP contribution in [0.15, 0.2) is 29.5 Å². The van der Waals surface area contributed by atoms with Gasteiger partial charge in [0.2, 0.25) is 0 Å². The van der Waals surface area contributed by atoms with Crippen LogP contribution in [0.3, 0.4) is 0 Å². The molecule has 2 aliphatic rings. The van der Waals surface area contributed by atoms with Gasteiger partial charge in [0.1, 0.15) is 5.76 Å². The Bertz CT molecular complexity index is 635. The molecule has 1 aromatic rings. The highest BCUT2D eigenvalue weighted by molar-refractivity contribution is 6.22. The summed E-state index contributed by atoms with van der Waals surface area (Å²) in [6.07, 6.45) is 5.67. The Morgan fingerprint density at radius 2 is 1.73 bits per heavy atom. The van der Waals surface area contributed by atoms with Crippen molar-refractivity contribution < 1.29 is 14.7 Å². The van der Waals surface area contributed by atoms with Crippen LogP contribution in [0.4, 0.5) is 0 Å². The highest BCUT2D eigenvalue weighted by Gasteiger charge is 2.33. The first kappa shape index (κ1) is 15.0. The third-order valence-electron chi connectivity index (χ3n) is 4.89. The van der Waals surface area contributed by atoms with E-state index < -0.39 is 0 Å². The van der Waals surface area contributed by atoms with Crippen molar-refractivity contribution in [1.82, 2.24) is 0 Å². The molecule has 1 aromatic carbocycles. The number of Topliss-reactive ketones (excluding diaryl/α,β-unsaturated/α-hetero) is 2. The topological polar surface area (TPSA) is 54.4 Å². The zero-order valence-corrected chi connectivity index (χ0v) is 13.0. The van der Waals surface area contributed by atoms with Crippen molar-refractivity contribution in [2.75, 3.05) is 0 Å². The van der Waals surface area contributed by atoms with Gasteiger partial charge < -0.3 is 5.11 Å². The second-order valence-electron chi connectivity index (χ2n) is 6.36.